The van der Waals surface area contributed by atoms with Crippen LogP contribution in [-0.4, -0.2) is 154 Å². The lowest BCUT2D eigenvalue weighted by atomic mass is 9.99. The number of hydrogen-bond donors (Lipinski definition) is 11. The number of carboxylic acids is 2. The molecular weight excluding hydrogens is 795 g/mol. The maximum Gasteiger partial charge on any atom is 0.326 e. The van der Waals surface area contributed by atoms with Crippen LogP contribution in [-0.2, 0) is 43.2 Å². The molecule has 0 aromatic rings. The van der Waals surface area contributed by atoms with Gasteiger partial charge in [0.2, 0.25) is 41.4 Å². The predicted molar refractivity (Wildman–Crippen MR) is 217 cm³/mol. The van der Waals surface area contributed by atoms with Gasteiger partial charge in [-0.05, 0) is 82.3 Å². The molecule has 0 aliphatic carbocycles. The fourth-order valence-electron chi connectivity index (χ4n) is 6.20. The van der Waals surface area contributed by atoms with Crippen molar-refractivity contribution in [1.29, 1.82) is 0 Å². The number of aliphatic carboxylic acids is 2. The SMILES string of the molecule is CSCC[C@H](NC(=O)[C@@H]1CCCN1C(=O)[C@@H](N)CO)C(=O)N[C@@H](CC(C)C)C(=O)N[C@H](C(=O)N[C@@H](C)C(=O)N[C@@H](CCCCN)C(=O)N[C@@H](CC(=O)O)C(=O)O)C(C)C. The number of carbonyl (C=O) groups excluding carboxylic acids is 7. The summed E-state index contributed by atoms with van der Waals surface area (Å²) in [5, 5.41) is 43.0. The molecule has 8 atom stereocenters. The highest BCUT2D eigenvalue weighted by Gasteiger charge is 2.38. The second-order valence-corrected chi connectivity index (χ2v) is 16.3. The van der Waals surface area contributed by atoms with E-state index < -0.39 is 121 Å². The number of nitrogens with two attached hydrogens (primary N) is 2. The maximum atomic E-state index is 13.8. The van der Waals surface area contributed by atoms with Crippen molar-refractivity contribution in [3.05, 3.63) is 0 Å². The van der Waals surface area contributed by atoms with Crippen molar-refractivity contribution in [2.75, 3.05) is 31.7 Å². The Kier molecular flexibility index (Phi) is 23.6. The molecule has 0 aromatic carbocycles. The van der Waals surface area contributed by atoms with Crippen LogP contribution in [0.1, 0.15) is 86.0 Å². The molecule has 0 saturated carbocycles. The number of rotatable bonds is 27. The molecule has 0 aromatic heterocycles. The van der Waals surface area contributed by atoms with E-state index in [-0.39, 0.29) is 38.3 Å². The lowest BCUT2D eigenvalue weighted by Gasteiger charge is -2.30. The van der Waals surface area contributed by atoms with Crippen molar-refractivity contribution >= 4 is 65.1 Å². The summed E-state index contributed by atoms with van der Waals surface area (Å²) in [4.78, 5) is 117. The van der Waals surface area contributed by atoms with Crippen LogP contribution in [0, 0.1) is 11.8 Å². The van der Waals surface area contributed by atoms with Crippen LogP contribution < -0.4 is 43.4 Å². The number of aliphatic hydroxyl groups excluding tert-OH is 1. The Morgan fingerprint density at radius 3 is 1.85 bits per heavy atom. The predicted octanol–water partition coefficient (Wildman–Crippen LogP) is -2.63. The lowest BCUT2D eigenvalue weighted by Crippen LogP contribution is -2.60. The molecule has 13 N–H and O–H groups in total. The number of aliphatic hydroxyl groups is 1. The first-order valence-electron chi connectivity index (χ1n) is 19.8. The van der Waals surface area contributed by atoms with Gasteiger partial charge in [-0.1, -0.05) is 27.7 Å². The molecule has 336 valence electrons. The van der Waals surface area contributed by atoms with Crippen molar-refractivity contribution in [2.24, 2.45) is 23.3 Å². The van der Waals surface area contributed by atoms with Crippen molar-refractivity contribution in [3.8, 4) is 0 Å². The first-order valence-corrected chi connectivity index (χ1v) is 21.2. The van der Waals surface area contributed by atoms with E-state index in [0.717, 1.165) is 0 Å². The first-order chi connectivity index (χ1) is 27.7. The maximum absolute atomic E-state index is 13.8. The zero-order valence-corrected chi connectivity index (χ0v) is 35.6. The van der Waals surface area contributed by atoms with Gasteiger partial charge in [-0.2, -0.15) is 11.8 Å². The highest BCUT2D eigenvalue weighted by Crippen LogP contribution is 2.19. The second-order valence-electron chi connectivity index (χ2n) is 15.3. The van der Waals surface area contributed by atoms with Crippen molar-refractivity contribution in [2.45, 2.75) is 134 Å². The average molecular weight is 860 g/mol. The number of nitrogens with zero attached hydrogens (tertiary/aromatic N) is 1. The molecule has 59 heavy (non-hydrogen) atoms. The summed E-state index contributed by atoms with van der Waals surface area (Å²) in [5.41, 5.74) is 11.3. The van der Waals surface area contributed by atoms with Crippen LogP contribution in [0.4, 0.5) is 0 Å². The van der Waals surface area contributed by atoms with Gasteiger partial charge in [0.15, 0.2) is 0 Å². The Hall–Kier alpha value is -4.54. The Morgan fingerprint density at radius 2 is 1.32 bits per heavy atom. The standard InChI is InChI=1S/C37H65N9O12S/c1-19(2)16-25(43-32(52)24(12-15-59-6)42-34(54)27-11-9-14-46(27)36(56)22(39)18-47)33(53)45-29(20(3)4)35(55)40-21(5)30(50)41-23(10-7-8-13-38)31(51)44-26(37(57)58)17-28(48)49/h19-27,29,47H,7-18,38-39H2,1-6H3,(H,40,55)(H,41,50)(H,42,54)(H,43,52)(H,44,51)(H,45,53)(H,48,49)(H,57,58)/t21-,22-,23-,24-,25-,26-,27-,29-/m0/s1. The largest absolute Gasteiger partial charge is 0.481 e. The molecule has 1 saturated heterocycles. The number of nitrogens with one attached hydrogen (secondary N) is 6. The number of carbonyl (C=O) groups is 9. The third-order valence-corrected chi connectivity index (χ3v) is 10.2. The molecule has 0 bridgehead atoms. The van der Waals surface area contributed by atoms with Gasteiger partial charge in [0, 0.05) is 6.54 Å². The minimum Gasteiger partial charge on any atom is -0.481 e. The van der Waals surface area contributed by atoms with Crippen LogP contribution in [0.5, 0.6) is 0 Å². The van der Waals surface area contributed by atoms with Crippen LogP contribution >= 0.6 is 11.8 Å². The number of hydrogen-bond acceptors (Lipinski definition) is 13. The molecule has 0 unspecified atom stereocenters. The molecule has 0 spiro atoms. The van der Waals surface area contributed by atoms with E-state index in [2.05, 4.69) is 31.9 Å². The van der Waals surface area contributed by atoms with E-state index in [9.17, 15) is 53.4 Å². The van der Waals surface area contributed by atoms with Gasteiger partial charge in [0.05, 0.1) is 13.0 Å². The van der Waals surface area contributed by atoms with Gasteiger partial charge < -0.3 is 63.6 Å². The number of carboxylic acid groups (broad SMARTS) is 2. The van der Waals surface area contributed by atoms with Crippen LogP contribution in [0.3, 0.4) is 0 Å². The van der Waals surface area contributed by atoms with E-state index in [0.29, 0.717) is 31.4 Å². The van der Waals surface area contributed by atoms with Gasteiger partial charge >= 0.3 is 11.9 Å². The summed E-state index contributed by atoms with van der Waals surface area (Å²) in [6, 6.07) is -9.86. The fraction of sp³-hybridized carbons (Fsp3) is 0.757. The molecule has 0 radical (unpaired) electrons. The molecule has 7 amide bonds. The molecule has 1 fully saturated rings. The minimum atomic E-state index is -1.76. The highest BCUT2D eigenvalue weighted by molar-refractivity contribution is 7.98. The lowest BCUT2D eigenvalue weighted by molar-refractivity contribution is -0.147. The molecule has 22 heteroatoms. The molecule has 1 aliphatic heterocycles. The summed E-state index contributed by atoms with van der Waals surface area (Å²) >= 11 is 1.43. The monoisotopic (exact) mass is 859 g/mol. The zero-order chi connectivity index (χ0) is 45.0. The van der Waals surface area contributed by atoms with Gasteiger partial charge in [-0.3, -0.25) is 38.4 Å². The quantitative estimate of drug-likeness (QED) is 0.0377. The number of amides is 7. The molecular formula is C37H65N9O12S. The molecule has 1 heterocycles. The fourth-order valence-corrected chi connectivity index (χ4v) is 6.68. The Bertz CT molecular complexity index is 1470. The number of unbranched alkanes of at least 4 members (excludes halogenated alkanes) is 1. The Morgan fingerprint density at radius 1 is 0.746 bits per heavy atom. The average Bonchev–Trinajstić information content (AvgIpc) is 3.66. The zero-order valence-electron chi connectivity index (χ0n) is 34.8. The van der Waals surface area contributed by atoms with Gasteiger partial charge in [-0.25, -0.2) is 4.79 Å². The van der Waals surface area contributed by atoms with Crippen molar-refractivity contribution in [1.82, 2.24) is 36.8 Å². The van der Waals surface area contributed by atoms with Crippen molar-refractivity contribution < 1.29 is 58.5 Å². The highest BCUT2D eigenvalue weighted by atomic mass is 32.2. The third kappa shape index (κ3) is 18.1. The van der Waals surface area contributed by atoms with E-state index >= 15 is 0 Å². The van der Waals surface area contributed by atoms with Crippen LogP contribution in [0.2, 0.25) is 0 Å². The Labute approximate surface area is 349 Å². The van der Waals surface area contributed by atoms with Gasteiger partial charge in [0.1, 0.15) is 48.3 Å². The van der Waals surface area contributed by atoms with E-state index in [4.69, 9.17) is 16.6 Å². The van der Waals surface area contributed by atoms with Crippen LogP contribution in [0.15, 0.2) is 0 Å². The summed E-state index contributed by atoms with van der Waals surface area (Å²) in [5.74, 6) is -8.26. The molecule has 1 aliphatic rings. The number of thioether (sulfide) groups is 1. The van der Waals surface area contributed by atoms with Crippen molar-refractivity contribution in [3.63, 3.8) is 0 Å². The third-order valence-electron chi connectivity index (χ3n) is 9.51. The summed E-state index contributed by atoms with van der Waals surface area (Å²) < 4.78 is 0. The topological polar surface area (TPSA) is 342 Å². The normalized spacial score (nSPS) is 17.4. The second kappa shape index (κ2) is 26.5. The van der Waals surface area contributed by atoms with E-state index in [1.807, 2.05) is 20.1 Å². The minimum absolute atomic E-state index is 0.0301. The first kappa shape index (κ1) is 52.5. The van der Waals surface area contributed by atoms with E-state index in [1.54, 1.807) is 13.8 Å². The van der Waals surface area contributed by atoms with Gasteiger partial charge in [-0.15, -0.1) is 0 Å². The summed E-state index contributed by atoms with van der Waals surface area (Å²) in [7, 11) is 0. The van der Waals surface area contributed by atoms with Gasteiger partial charge in [0.25, 0.3) is 0 Å². The van der Waals surface area contributed by atoms with Crippen LogP contribution in [0.25, 0.3) is 0 Å². The van der Waals surface area contributed by atoms with E-state index in [1.165, 1.54) is 23.6 Å². The smallest absolute Gasteiger partial charge is 0.326 e. The molecule has 21 nitrogen and oxygen atoms in total. The summed E-state index contributed by atoms with van der Waals surface area (Å²) in [6.45, 7) is 8.22. The molecule has 1 rings (SSSR count). The summed E-state index contributed by atoms with van der Waals surface area (Å²) in [6.07, 6.45) is 2.97. The Balaban J connectivity index is 3.14. The number of likely N-dealkylation sites (tertiary alicyclic amines) is 1.